The zero-order valence-electron chi connectivity index (χ0n) is 13.0. The molecular formula is C16H21ClN2O4. The Morgan fingerprint density at radius 1 is 1.43 bits per heavy atom. The van der Waals surface area contributed by atoms with E-state index in [1.807, 2.05) is 6.92 Å². The van der Waals surface area contributed by atoms with Crippen molar-refractivity contribution < 1.29 is 19.4 Å². The van der Waals surface area contributed by atoms with Gasteiger partial charge in [-0.15, -0.1) is 0 Å². The summed E-state index contributed by atoms with van der Waals surface area (Å²) in [7, 11) is 0. The van der Waals surface area contributed by atoms with Gasteiger partial charge in [0, 0.05) is 18.1 Å². The molecule has 0 bridgehead atoms. The number of ether oxygens (including phenoxy) is 1. The minimum atomic E-state index is -0.784. The summed E-state index contributed by atoms with van der Waals surface area (Å²) < 4.78 is 5.69. The van der Waals surface area contributed by atoms with Crippen LogP contribution in [0.3, 0.4) is 0 Å². The minimum Gasteiger partial charge on any atom is -0.489 e. The maximum Gasteiger partial charge on any atom is 0.317 e. The maximum atomic E-state index is 12.1. The number of rotatable bonds is 5. The fraction of sp³-hybridized carbons (Fsp3) is 0.500. The monoisotopic (exact) mass is 340 g/mol. The lowest BCUT2D eigenvalue weighted by atomic mass is 9.97. The van der Waals surface area contributed by atoms with Crippen molar-refractivity contribution in [3.8, 4) is 5.75 Å². The van der Waals surface area contributed by atoms with Crippen LogP contribution in [0.25, 0.3) is 0 Å². The van der Waals surface area contributed by atoms with Gasteiger partial charge in [0.25, 0.3) is 0 Å². The lowest BCUT2D eigenvalue weighted by molar-refractivity contribution is -0.143. The molecule has 1 atom stereocenters. The first-order valence-corrected chi connectivity index (χ1v) is 8.01. The molecule has 1 aromatic carbocycles. The Labute approximate surface area is 140 Å². The van der Waals surface area contributed by atoms with E-state index in [0.29, 0.717) is 43.2 Å². The number of halogens is 1. The quantitative estimate of drug-likeness (QED) is 0.863. The first kappa shape index (κ1) is 17.4. The van der Waals surface area contributed by atoms with Crippen LogP contribution < -0.4 is 10.1 Å². The minimum absolute atomic E-state index is 0.185. The van der Waals surface area contributed by atoms with Crippen LogP contribution >= 0.6 is 11.6 Å². The van der Waals surface area contributed by atoms with Gasteiger partial charge in [0.05, 0.1) is 12.5 Å². The van der Waals surface area contributed by atoms with Crippen LogP contribution in [0, 0.1) is 5.92 Å². The number of amides is 2. The molecule has 1 heterocycles. The predicted octanol–water partition coefficient (Wildman–Crippen LogP) is 2.61. The Hall–Kier alpha value is -1.95. The number of aliphatic carboxylic acids is 1. The highest BCUT2D eigenvalue weighted by atomic mass is 35.5. The van der Waals surface area contributed by atoms with Crippen LogP contribution in [-0.2, 0) is 4.79 Å². The Balaban J connectivity index is 1.73. The van der Waals surface area contributed by atoms with Crippen molar-refractivity contribution in [3.63, 3.8) is 0 Å². The van der Waals surface area contributed by atoms with E-state index in [1.165, 1.54) is 0 Å². The molecular weight excluding hydrogens is 320 g/mol. The predicted molar refractivity (Wildman–Crippen MR) is 86.9 cm³/mol. The number of nitrogens with zero attached hydrogens (tertiary/aromatic N) is 1. The van der Waals surface area contributed by atoms with Gasteiger partial charge in [0.2, 0.25) is 0 Å². The SMILES string of the molecule is CC(CNC(=O)N1CCC(C(=O)O)CC1)Oc1cccc(Cl)c1. The van der Waals surface area contributed by atoms with Gasteiger partial charge in [0.1, 0.15) is 11.9 Å². The highest BCUT2D eigenvalue weighted by Gasteiger charge is 2.26. The summed E-state index contributed by atoms with van der Waals surface area (Å²) in [6.07, 6.45) is 0.795. The van der Waals surface area contributed by atoms with E-state index in [9.17, 15) is 9.59 Å². The van der Waals surface area contributed by atoms with Crippen molar-refractivity contribution in [2.75, 3.05) is 19.6 Å². The van der Waals surface area contributed by atoms with Crippen molar-refractivity contribution in [2.45, 2.75) is 25.9 Å². The van der Waals surface area contributed by atoms with Crippen LogP contribution in [0.4, 0.5) is 4.79 Å². The number of hydrogen-bond acceptors (Lipinski definition) is 3. The fourth-order valence-corrected chi connectivity index (χ4v) is 2.67. The number of carboxylic acid groups (broad SMARTS) is 1. The van der Waals surface area contributed by atoms with Gasteiger partial charge >= 0.3 is 12.0 Å². The van der Waals surface area contributed by atoms with Gasteiger partial charge in [-0.2, -0.15) is 0 Å². The topological polar surface area (TPSA) is 78.9 Å². The van der Waals surface area contributed by atoms with Gasteiger partial charge in [-0.1, -0.05) is 17.7 Å². The Morgan fingerprint density at radius 2 is 2.13 bits per heavy atom. The van der Waals surface area contributed by atoms with E-state index < -0.39 is 5.97 Å². The molecule has 0 spiro atoms. The molecule has 23 heavy (non-hydrogen) atoms. The lowest BCUT2D eigenvalue weighted by Crippen LogP contribution is -2.47. The van der Waals surface area contributed by atoms with E-state index in [2.05, 4.69) is 5.32 Å². The maximum absolute atomic E-state index is 12.1. The zero-order valence-corrected chi connectivity index (χ0v) is 13.8. The summed E-state index contributed by atoms with van der Waals surface area (Å²) in [6.45, 7) is 3.15. The second-order valence-electron chi connectivity index (χ2n) is 5.67. The largest absolute Gasteiger partial charge is 0.489 e. The molecule has 1 fully saturated rings. The number of benzene rings is 1. The first-order chi connectivity index (χ1) is 11.0. The van der Waals surface area contributed by atoms with Crippen LogP contribution in [0.15, 0.2) is 24.3 Å². The fourth-order valence-electron chi connectivity index (χ4n) is 2.49. The zero-order chi connectivity index (χ0) is 16.8. The second-order valence-corrected chi connectivity index (χ2v) is 6.11. The number of hydrogen-bond donors (Lipinski definition) is 2. The number of piperidine rings is 1. The van der Waals surface area contributed by atoms with Gasteiger partial charge < -0.3 is 20.1 Å². The second kappa shape index (κ2) is 8.06. The lowest BCUT2D eigenvalue weighted by Gasteiger charge is -2.30. The van der Waals surface area contributed by atoms with Crippen molar-refractivity contribution in [2.24, 2.45) is 5.92 Å². The van der Waals surface area contributed by atoms with Crippen molar-refractivity contribution in [1.29, 1.82) is 0 Å². The molecule has 126 valence electrons. The van der Waals surface area contributed by atoms with Crippen molar-refractivity contribution >= 4 is 23.6 Å². The van der Waals surface area contributed by atoms with E-state index in [1.54, 1.807) is 29.2 Å². The third-order valence-corrected chi connectivity index (χ3v) is 4.04. The summed E-state index contributed by atoms with van der Waals surface area (Å²) in [4.78, 5) is 24.6. The molecule has 1 saturated heterocycles. The van der Waals surface area contributed by atoms with Gasteiger partial charge in [-0.05, 0) is 38.0 Å². The summed E-state index contributed by atoms with van der Waals surface area (Å²) >= 11 is 5.89. The summed E-state index contributed by atoms with van der Waals surface area (Å²) in [5.41, 5.74) is 0. The molecule has 2 rings (SSSR count). The van der Waals surface area contributed by atoms with Crippen LogP contribution in [0.2, 0.25) is 5.02 Å². The number of urea groups is 1. The average molecular weight is 341 g/mol. The molecule has 1 aliphatic heterocycles. The number of nitrogens with one attached hydrogen (secondary N) is 1. The number of likely N-dealkylation sites (tertiary alicyclic amines) is 1. The standard InChI is InChI=1S/C16H21ClN2O4/c1-11(23-14-4-2-3-13(17)9-14)10-18-16(22)19-7-5-12(6-8-19)15(20)21/h2-4,9,11-12H,5-8,10H2,1H3,(H,18,22)(H,20,21). The molecule has 0 radical (unpaired) electrons. The van der Waals surface area contributed by atoms with Gasteiger partial charge in [0.15, 0.2) is 0 Å². The molecule has 0 aliphatic carbocycles. The smallest absolute Gasteiger partial charge is 0.317 e. The number of carboxylic acids is 1. The van der Waals surface area contributed by atoms with Crippen LogP contribution in [0.5, 0.6) is 5.75 Å². The van der Waals surface area contributed by atoms with Crippen LogP contribution in [0.1, 0.15) is 19.8 Å². The van der Waals surface area contributed by atoms with Crippen molar-refractivity contribution in [1.82, 2.24) is 10.2 Å². The molecule has 0 aromatic heterocycles. The summed E-state index contributed by atoms with van der Waals surface area (Å²) in [5, 5.41) is 12.4. The number of carbonyl (C=O) groups excluding carboxylic acids is 1. The first-order valence-electron chi connectivity index (χ1n) is 7.63. The highest BCUT2D eigenvalue weighted by Crippen LogP contribution is 2.19. The summed E-state index contributed by atoms with van der Waals surface area (Å²) in [5.74, 6) is -0.473. The Bertz CT molecular complexity index is 559. The molecule has 1 unspecified atom stereocenters. The summed E-state index contributed by atoms with van der Waals surface area (Å²) in [6, 6.07) is 6.91. The molecule has 0 saturated carbocycles. The molecule has 6 nitrogen and oxygen atoms in total. The average Bonchev–Trinajstić information content (AvgIpc) is 2.52. The highest BCUT2D eigenvalue weighted by molar-refractivity contribution is 6.30. The Morgan fingerprint density at radius 3 is 2.74 bits per heavy atom. The van der Waals surface area contributed by atoms with Crippen molar-refractivity contribution in [3.05, 3.63) is 29.3 Å². The van der Waals surface area contributed by atoms with Crippen LogP contribution in [-0.4, -0.2) is 47.7 Å². The van der Waals surface area contributed by atoms with Gasteiger partial charge in [-0.3, -0.25) is 4.79 Å². The molecule has 1 aromatic rings. The van der Waals surface area contributed by atoms with Gasteiger partial charge in [-0.25, -0.2) is 4.79 Å². The molecule has 2 amide bonds. The van der Waals surface area contributed by atoms with E-state index in [4.69, 9.17) is 21.4 Å². The third kappa shape index (κ3) is 5.32. The molecule has 2 N–H and O–H groups in total. The van der Waals surface area contributed by atoms with E-state index in [-0.39, 0.29) is 18.1 Å². The van der Waals surface area contributed by atoms with E-state index >= 15 is 0 Å². The Kier molecular flexibility index (Phi) is 6.10. The molecule has 1 aliphatic rings. The number of carbonyl (C=O) groups is 2. The van der Waals surface area contributed by atoms with E-state index in [0.717, 1.165) is 0 Å². The normalized spacial score (nSPS) is 16.7. The third-order valence-electron chi connectivity index (χ3n) is 3.81. The molecule has 7 heteroatoms.